The number of carbonyl (C=O) groups excluding carboxylic acids is 3. The number of pyridine rings is 1. The number of nitro benzene ring substituents is 1. The zero-order chi connectivity index (χ0) is 37.9. The van der Waals surface area contributed by atoms with Gasteiger partial charge in [-0.1, -0.05) is 0 Å². The first-order chi connectivity index (χ1) is 24.6. The molecule has 3 heterocycles. The van der Waals surface area contributed by atoms with Crippen LogP contribution in [-0.2, 0) is 20.7 Å². The van der Waals surface area contributed by atoms with Crippen LogP contribution in [0.5, 0.6) is 11.5 Å². The van der Waals surface area contributed by atoms with Crippen molar-refractivity contribution in [2.24, 2.45) is 0 Å². The highest BCUT2D eigenvalue weighted by Gasteiger charge is 2.32. The molecule has 1 aliphatic rings. The number of fused-ring (bicyclic) bond motifs is 1. The number of nitrogens with one attached hydrogen (secondary N) is 1. The highest BCUT2D eigenvalue weighted by atomic mass is 19.1. The SMILES string of the molecule is COc1cc(OC)c(F)c(C(=O)c2oc3cnc(Nc4ccc(N5CCN(C(C)=O)CC5)cc4[N+](=O)[O-])cc3c2CCCC(=O)OC(C)(C)C)c1F. The third kappa shape index (κ3) is 8.05. The number of hydrogen-bond donors (Lipinski definition) is 1. The number of carbonyl (C=O) groups is 3. The molecule has 0 bridgehead atoms. The average Bonchev–Trinajstić information content (AvgIpc) is 3.45. The van der Waals surface area contributed by atoms with E-state index in [0.29, 0.717) is 37.3 Å². The zero-order valence-corrected chi connectivity index (χ0v) is 29.6. The van der Waals surface area contributed by atoms with Crippen LogP contribution >= 0.6 is 0 Å². The van der Waals surface area contributed by atoms with Crippen molar-refractivity contribution >= 4 is 51.5 Å². The maximum absolute atomic E-state index is 15.5. The number of ketones is 1. The number of benzene rings is 2. The summed E-state index contributed by atoms with van der Waals surface area (Å²) < 4.78 is 52.2. The summed E-state index contributed by atoms with van der Waals surface area (Å²) in [5, 5.41) is 15.5. The van der Waals surface area contributed by atoms with Gasteiger partial charge < -0.3 is 33.7 Å². The van der Waals surface area contributed by atoms with Crippen LogP contribution < -0.4 is 19.7 Å². The summed E-state index contributed by atoms with van der Waals surface area (Å²) in [6.07, 6.45) is 1.47. The number of aryl methyl sites for hydroxylation is 1. The van der Waals surface area contributed by atoms with Gasteiger partial charge in [0.2, 0.25) is 11.7 Å². The largest absolute Gasteiger partial charge is 0.494 e. The third-order valence-electron chi connectivity index (χ3n) is 8.44. The molecule has 0 saturated carbocycles. The van der Waals surface area contributed by atoms with Gasteiger partial charge in [0.15, 0.2) is 34.5 Å². The summed E-state index contributed by atoms with van der Waals surface area (Å²) in [5.41, 5.74) is -0.862. The van der Waals surface area contributed by atoms with Crippen LogP contribution in [0.3, 0.4) is 0 Å². The molecule has 0 atom stereocenters. The smallest absolute Gasteiger partial charge is 0.306 e. The van der Waals surface area contributed by atoms with Gasteiger partial charge >= 0.3 is 5.97 Å². The van der Waals surface area contributed by atoms with Crippen molar-refractivity contribution in [2.45, 2.75) is 52.6 Å². The molecule has 0 radical (unpaired) electrons. The first kappa shape index (κ1) is 37.5. The lowest BCUT2D eigenvalue weighted by Crippen LogP contribution is -2.48. The summed E-state index contributed by atoms with van der Waals surface area (Å²) in [7, 11) is 2.31. The third-order valence-corrected chi connectivity index (χ3v) is 8.44. The molecule has 276 valence electrons. The molecule has 2 aromatic heterocycles. The van der Waals surface area contributed by atoms with Crippen LogP contribution in [0.25, 0.3) is 11.0 Å². The van der Waals surface area contributed by atoms with Gasteiger partial charge in [0, 0.05) is 68.3 Å². The molecule has 16 heteroatoms. The van der Waals surface area contributed by atoms with Crippen LogP contribution in [0.4, 0.5) is 31.7 Å². The first-order valence-corrected chi connectivity index (χ1v) is 16.5. The maximum atomic E-state index is 15.5. The predicted octanol–water partition coefficient (Wildman–Crippen LogP) is 6.34. The van der Waals surface area contributed by atoms with E-state index in [1.165, 1.54) is 25.3 Å². The summed E-state index contributed by atoms with van der Waals surface area (Å²) in [6.45, 7) is 8.69. The number of piperazine rings is 1. The second-order valence-corrected chi connectivity index (χ2v) is 13.1. The second kappa shape index (κ2) is 15.2. The summed E-state index contributed by atoms with van der Waals surface area (Å²) in [5.74, 6) is -5.28. The molecule has 1 amide bonds. The Balaban J connectivity index is 1.51. The molecule has 2 aromatic carbocycles. The van der Waals surface area contributed by atoms with Crippen molar-refractivity contribution in [1.29, 1.82) is 0 Å². The van der Waals surface area contributed by atoms with Gasteiger partial charge in [0.1, 0.15) is 22.7 Å². The number of rotatable bonds is 12. The average molecular weight is 724 g/mol. The van der Waals surface area contributed by atoms with E-state index in [9.17, 15) is 24.5 Å². The highest BCUT2D eigenvalue weighted by Crippen LogP contribution is 2.37. The van der Waals surface area contributed by atoms with Crippen molar-refractivity contribution in [1.82, 2.24) is 9.88 Å². The van der Waals surface area contributed by atoms with E-state index in [1.807, 2.05) is 4.90 Å². The van der Waals surface area contributed by atoms with Crippen molar-refractivity contribution in [3.8, 4) is 11.5 Å². The molecule has 0 spiro atoms. The van der Waals surface area contributed by atoms with Crippen LogP contribution in [-0.4, -0.2) is 78.5 Å². The van der Waals surface area contributed by atoms with E-state index >= 15 is 8.78 Å². The fourth-order valence-corrected chi connectivity index (χ4v) is 5.95. The predicted molar refractivity (Wildman–Crippen MR) is 187 cm³/mol. The van der Waals surface area contributed by atoms with Crippen molar-refractivity contribution < 1.29 is 46.7 Å². The lowest BCUT2D eigenvalue weighted by Gasteiger charge is -2.35. The maximum Gasteiger partial charge on any atom is 0.306 e. The second-order valence-electron chi connectivity index (χ2n) is 13.1. The van der Waals surface area contributed by atoms with E-state index in [0.717, 1.165) is 20.3 Å². The Labute approximate surface area is 297 Å². The Kier molecular flexibility index (Phi) is 11.0. The number of nitro groups is 1. The molecule has 5 rings (SSSR count). The Morgan fingerprint density at radius 1 is 1.02 bits per heavy atom. The molecule has 14 nitrogen and oxygen atoms in total. The lowest BCUT2D eigenvalue weighted by atomic mass is 9.98. The monoisotopic (exact) mass is 723 g/mol. The molecule has 52 heavy (non-hydrogen) atoms. The van der Waals surface area contributed by atoms with Crippen LogP contribution in [0, 0.1) is 21.7 Å². The minimum Gasteiger partial charge on any atom is -0.494 e. The van der Waals surface area contributed by atoms with E-state index in [2.05, 4.69) is 10.3 Å². The van der Waals surface area contributed by atoms with Crippen molar-refractivity contribution in [3.05, 3.63) is 75.2 Å². The minimum atomic E-state index is -1.26. The standard InChI is InChI=1S/C36H39F2N5O9/c1-20(44)41-12-14-42(15-13-41)21-10-11-24(25(16-21)43(47)48)40-29-17-23-22(8-7-9-30(45)52-36(2,3)4)35(51-28(23)19-39-29)34(46)31-32(37)26(49-5)18-27(50-6)33(31)38/h10-11,16-19H,7-9,12-15H2,1-6H3,(H,39,40). The number of ether oxygens (including phenoxy) is 3. The van der Waals surface area contributed by atoms with Gasteiger partial charge in [0.25, 0.3) is 5.69 Å². The molecule has 0 aliphatic carbocycles. The van der Waals surface area contributed by atoms with Gasteiger partial charge in [-0.2, -0.15) is 0 Å². The first-order valence-electron chi connectivity index (χ1n) is 16.5. The number of aromatic nitrogens is 1. The lowest BCUT2D eigenvalue weighted by molar-refractivity contribution is -0.383. The minimum absolute atomic E-state index is 0.0326. The van der Waals surface area contributed by atoms with Crippen LogP contribution in [0.15, 0.2) is 40.9 Å². The van der Waals surface area contributed by atoms with Gasteiger partial charge in [0.05, 0.1) is 25.3 Å². The fraction of sp³-hybridized carbons (Fsp3) is 0.389. The number of nitrogens with zero attached hydrogens (tertiary/aromatic N) is 4. The molecular weight excluding hydrogens is 684 g/mol. The Hall–Kier alpha value is -5.80. The number of halogens is 2. The molecule has 1 aliphatic heterocycles. The van der Waals surface area contributed by atoms with Crippen LogP contribution in [0.1, 0.15) is 62.2 Å². The number of amides is 1. The molecule has 1 N–H and O–H groups in total. The number of furan rings is 1. The topological polar surface area (TPSA) is 167 Å². The highest BCUT2D eigenvalue weighted by molar-refractivity contribution is 6.11. The summed E-state index contributed by atoms with van der Waals surface area (Å²) >= 11 is 0. The fourth-order valence-electron chi connectivity index (χ4n) is 5.95. The Morgan fingerprint density at radius 3 is 2.25 bits per heavy atom. The molecular formula is C36H39F2N5O9. The van der Waals surface area contributed by atoms with Crippen molar-refractivity contribution in [3.63, 3.8) is 0 Å². The van der Waals surface area contributed by atoms with E-state index in [4.69, 9.17) is 18.6 Å². The van der Waals surface area contributed by atoms with E-state index < -0.39 is 56.7 Å². The Morgan fingerprint density at radius 2 is 1.67 bits per heavy atom. The molecule has 0 unspecified atom stereocenters. The Bertz CT molecular complexity index is 2010. The quantitative estimate of drug-likeness (QED) is 0.0747. The molecule has 1 fully saturated rings. The number of methoxy groups -OCH3 is 2. The van der Waals surface area contributed by atoms with Gasteiger partial charge in [-0.25, -0.2) is 13.8 Å². The summed E-state index contributed by atoms with van der Waals surface area (Å²) in [4.78, 5) is 57.8. The number of hydrogen-bond acceptors (Lipinski definition) is 12. The van der Waals surface area contributed by atoms with E-state index in [-0.39, 0.29) is 53.5 Å². The van der Waals surface area contributed by atoms with E-state index in [1.54, 1.807) is 37.8 Å². The molecule has 4 aromatic rings. The number of esters is 1. The van der Waals surface area contributed by atoms with Gasteiger partial charge in [-0.15, -0.1) is 0 Å². The van der Waals surface area contributed by atoms with Crippen molar-refractivity contribution in [2.75, 3.05) is 50.6 Å². The van der Waals surface area contributed by atoms with Gasteiger partial charge in [-0.05, 0) is 51.8 Å². The van der Waals surface area contributed by atoms with Crippen LogP contribution in [0.2, 0.25) is 0 Å². The van der Waals surface area contributed by atoms with Gasteiger partial charge in [-0.3, -0.25) is 24.5 Å². The normalized spacial score (nSPS) is 13.2. The molecule has 1 saturated heterocycles. The number of anilines is 3. The summed E-state index contributed by atoms with van der Waals surface area (Å²) in [6, 6.07) is 7.18. The zero-order valence-electron chi connectivity index (χ0n) is 29.6.